The van der Waals surface area contributed by atoms with E-state index in [-0.39, 0.29) is 11.4 Å². The van der Waals surface area contributed by atoms with Crippen LogP contribution in [0.5, 0.6) is 0 Å². The molecule has 19 heavy (non-hydrogen) atoms. The van der Waals surface area contributed by atoms with Gasteiger partial charge in [0.15, 0.2) is 0 Å². The summed E-state index contributed by atoms with van der Waals surface area (Å²) in [6, 6.07) is 5.10. The summed E-state index contributed by atoms with van der Waals surface area (Å²) in [5.74, 6) is 0. The number of hydrogen-bond donors (Lipinski definition) is 2. The average molecular weight is 301 g/mol. The van der Waals surface area contributed by atoms with Crippen LogP contribution in [0, 0.1) is 5.41 Å². The number of benzene rings is 1. The van der Waals surface area contributed by atoms with Crippen molar-refractivity contribution in [1.82, 2.24) is 10.6 Å². The predicted octanol–water partition coefficient (Wildman–Crippen LogP) is 3.98. The average Bonchev–Trinajstić information content (AvgIpc) is 2.33. The van der Waals surface area contributed by atoms with Crippen molar-refractivity contribution in [3.8, 4) is 0 Å². The fourth-order valence-electron chi connectivity index (χ4n) is 2.15. The summed E-state index contributed by atoms with van der Waals surface area (Å²) < 4.78 is 0. The molecule has 104 valence electrons. The fourth-order valence-corrected chi connectivity index (χ4v) is 2.63. The van der Waals surface area contributed by atoms with E-state index in [4.69, 9.17) is 23.2 Å². The predicted molar refractivity (Wildman–Crippen MR) is 78.7 cm³/mol. The van der Waals surface area contributed by atoms with Crippen LogP contribution in [-0.4, -0.2) is 12.6 Å². The summed E-state index contributed by atoms with van der Waals surface area (Å²) in [4.78, 5) is 11.7. The maximum absolute atomic E-state index is 11.7. The number of amides is 2. The highest BCUT2D eigenvalue weighted by molar-refractivity contribution is 6.35. The highest BCUT2D eigenvalue weighted by atomic mass is 35.5. The minimum atomic E-state index is -0.154. The molecular formula is C14H18Cl2N2O. The zero-order chi connectivity index (χ0) is 13.9. The lowest BCUT2D eigenvalue weighted by molar-refractivity contribution is 0.157. The first-order chi connectivity index (χ1) is 8.98. The highest BCUT2D eigenvalue weighted by Gasteiger charge is 2.31. The van der Waals surface area contributed by atoms with E-state index in [1.54, 1.807) is 12.1 Å². The Labute approximate surface area is 123 Å². The maximum atomic E-state index is 11.7. The van der Waals surface area contributed by atoms with Gasteiger partial charge in [0.25, 0.3) is 0 Å². The number of carbonyl (C=O) groups excluding carboxylic acids is 1. The summed E-state index contributed by atoms with van der Waals surface area (Å²) in [5, 5.41) is 6.87. The van der Waals surface area contributed by atoms with E-state index >= 15 is 0 Å². The standard InChI is InChI=1S/C14H18Cl2N2O/c1-14(5-2-6-14)9-18-13(19)17-8-10-3-4-11(15)7-12(10)16/h3-4,7H,2,5-6,8-9H2,1H3,(H2,17,18,19). The Morgan fingerprint density at radius 2 is 2.05 bits per heavy atom. The first-order valence-electron chi connectivity index (χ1n) is 6.44. The Morgan fingerprint density at radius 3 is 2.63 bits per heavy atom. The van der Waals surface area contributed by atoms with Crippen molar-refractivity contribution >= 4 is 29.2 Å². The van der Waals surface area contributed by atoms with E-state index in [0.29, 0.717) is 16.6 Å². The number of nitrogens with one attached hydrogen (secondary N) is 2. The molecule has 0 aromatic heterocycles. The Hall–Kier alpha value is -0.930. The highest BCUT2D eigenvalue weighted by Crippen LogP contribution is 2.39. The Kier molecular flexibility index (Phi) is 4.58. The molecular weight excluding hydrogens is 283 g/mol. The van der Waals surface area contributed by atoms with Crippen molar-refractivity contribution in [1.29, 1.82) is 0 Å². The number of urea groups is 1. The van der Waals surface area contributed by atoms with Crippen molar-refractivity contribution in [2.45, 2.75) is 32.7 Å². The molecule has 1 aromatic carbocycles. The van der Waals surface area contributed by atoms with Crippen LogP contribution < -0.4 is 10.6 Å². The van der Waals surface area contributed by atoms with Crippen LogP contribution in [0.1, 0.15) is 31.7 Å². The van der Waals surface area contributed by atoms with Crippen LogP contribution in [0.3, 0.4) is 0 Å². The lowest BCUT2D eigenvalue weighted by atomic mass is 9.70. The normalized spacial score (nSPS) is 16.6. The van der Waals surface area contributed by atoms with Gasteiger partial charge in [-0.1, -0.05) is 42.6 Å². The van der Waals surface area contributed by atoms with E-state index < -0.39 is 0 Å². The number of hydrogen-bond acceptors (Lipinski definition) is 1. The Balaban J connectivity index is 1.76. The lowest BCUT2D eigenvalue weighted by Gasteiger charge is -2.38. The van der Waals surface area contributed by atoms with E-state index in [9.17, 15) is 4.79 Å². The summed E-state index contributed by atoms with van der Waals surface area (Å²) in [7, 11) is 0. The molecule has 1 fully saturated rings. The van der Waals surface area contributed by atoms with Gasteiger partial charge < -0.3 is 10.6 Å². The minimum absolute atomic E-state index is 0.154. The van der Waals surface area contributed by atoms with Gasteiger partial charge in [-0.2, -0.15) is 0 Å². The molecule has 5 heteroatoms. The van der Waals surface area contributed by atoms with Gasteiger partial charge in [-0.15, -0.1) is 0 Å². The number of carbonyl (C=O) groups is 1. The molecule has 0 heterocycles. The van der Waals surface area contributed by atoms with Gasteiger partial charge in [-0.05, 0) is 36.0 Å². The van der Waals surface area contributed by atoms with Crippen molar-refractivity contribution in [2.75, 3.05) is 6.54 Å². The van der Waals surface area contributed by atoms with E-state index in [0.717, 1.165) is 12.1 Å². The van der Waals surface area contributed by atoms with Crippen molar-refractivity contribution in [3.05, 3.63) is 33.8 Å². The zero-order valence-electron chi connectivity index (χ0n) is 10.9. The Morgan fingerprint density at radius 1 is 1.32 bits per heavy atom. The third kappa shape index (κ3) is 4.02. The van der Waals surface area contributed by atoms with Crippen molar-refractivity contribution in [2.24, 2.45) is 5.41 Å². The molecule has 1 saturated carbocycles. The van der Waals surface area contributed by atoms with Crippen molar-refractivity contribution < 1.29 is 4.79 Å². The molecule has 2 N–H and O–H groups in total. The molecule has 2 rings (SSSR count). The van der Waals surface area contributed by atoms with Gasteiger partial charge in [-0.3, -0.25) is 0 Å². The SMILES string of the molecule is CC1(CNC(=O)NCc2ccc(Cl)cc2Cl)CCC1. The van der Waals surface area contributed by atoms with Crippen LogP contribution >= 0.6 is 23.2 Å². The van der Waals surface area contributed by atoms with Crippen LogP contribution in [0.15, 0.2) is 18.2 Å². The van der Waals surface area contributed by atoms with Crippen LogP contribution in [-0.2, 0) is 6.54 Å². The third-order valence-electron chi connectivity index (χ3n) is 3.69. The first-order valence-corrected chi connectivity index (χ1v) is 7.20. The fraction of sp³-hybridized carbons (Fsp3) is 0.500. The second kappa shape index (κ2) is 6.02. The summed E-state index contributed by atoms with van der Waals surface area (Å²) in [6.45, 7) is 3.33. The monoisotopic (exact) mass is 300 g/mol. The van der Waals surface area contributed by atoms with Gasteiger partial charge in [0.2, 0.25) is 0 Å². The van der Waals surface area contributed by atoms with E-state index in [1.807, 2.05) is 6.07 Å². The van der Waals surface area contributed by atoms with E-state index in [2.05, 4.69) is 17.6 Å². The molecule has 0 aliphatic heterocycles. The van der Waals surface area contributed by atoms with Crippen molar-refractivity contribution in [3.63, 3.8) is 0 Å². The summed E-state index contributed by atoms with van der Waals surface area (Å²) >= 11 is 11.9. The molecule has 0 saturated heterocycles. The second-order valence-electron chi connectivity index (χ2n) is 5.44. The maximum Gasteiger partial charge on any atom is 0.315 e. The molecule has 1 aliphatic rings. The Bertz CT molecular complexity index is 473. The molecule has 3 nitrogen and oxygen atoms in total. The zero-order valence-corrected chi connectivity index (χ0v) is 12.4. The topological polar surface area (TPSA) is 41.1 Å². The quantitative estimate of drug-likeness (QED) is 0.867. The molecule has 0 unspecified atom stereocenters. The molecule has 1 aromatic rings. The molecule has 0 bridgehead atoms. The molecule has 0 spiro atoms. The molecule has 0 atom stereocenters. The van der Waals surface area contributed by atoms with Crippen LogP contribution in [0.2, 0.25) is 10.0 Å². The summed E-state index contributed by atoms with van der Waals surface area (Å²) in [6.07, 6.45) is 3.65. The minimum Gasteiger partial charge on any atom is -0.338 e. The van der Waals surface area contributed by atoms with E-state index in [1.165, 1.54) is 19.3 Å². The molecule has 0 radical (unpaired) electrons. The van der Waals surface area contributed by atoms with Gasteiger partial charge in [0.05, 0.1) is 0 Å². The lowest BCUT2D eigenvalue weighted by Crippen LogP contribution is -2.43. The molecule has 1 aliphatic carbocycles. The van der Waals surface area contributed by atoms with Crippen LogP contribution in [0.25, 0.3) is 0 Å². The second-order valence-corrected chi connectivity index (χ2v) is 6.28. The van der Waals surface area contributed by atoms with Gasteiger partial charge in [0.1, 0.15) is 0 Å². The largest absolute Gasteiger partial charge is 0.338 e. The van der Waals surface area contributed by atoms with Gasteiger partial charge in [-0.25, -0.2) is 4.79 Å². The number of rotatable bonds is 4. The van der Waals surface area contributed by atoms with Gasteiger partial charge in [0, 0.05) is 23.1 Å². The molecule has 2 amide bonds. The smallest absolute Gasteiger partial charge is 0.315 e. The van der Waals surface area contributed by atoms with Gasteiger partial charge >= 0.3 is 6.03 Å². The summed E-state index contributed by atoms with van der Waals surface area (Å²) in [5.41, 5.74) is 1.14. The first kappa shape index (κ1) is 14.5. The third-order valence-corrected chi connectivity index (χ3v) is 4.28. The van der Waals surface area contributed by atoms with Crippen LogP contribution in [0.4, 0.5) is 4.79 Å². The number of halogens is 2.